The van der Waals surface area contributed by atoms with E-state index in [-0.39, 0.29) is 12.1 Å². The Hall–Kier alpha value is -0.530. The first-order chi connectivity index (χ1) is 8.33. The maximum atomic E-state index is 11.6. The van der Waals surface area contributed by atoms with E-state index in [1.807, 2.05) is 0 Å². The van der Waals surface area contributed by atoms with Crippen LogP contribution in [-0.4, -0.2) is 12.1 Å². The van der Waals surface area contributed by atoms with Gasteiger partial charge in [0.1, 0.15) is 6.10 Å². The zero-order valence-corrected chi connectivity index (χ0v) is 11.4. The number of hydrogen-bond donors (Lipinski definition) is 0. The molecule has 0 aliphatic carbocycles. The summed E-state index contributed by atoms with van der Waals surface area (Å²) in [4.78, 5) is 11.6. The molecule has 0 radical (unpaired) electrons. The van der Waals surface area contributed by atoms with Gasteiger partial charge in [-0.1, -0.05) is 51.9 Å². The molecule has 1 unspecified atom stereocenters. The SMILES string of the molecule is CCC1CCCCCCCCCCCC(=O)O1. The largest absolute Gasteiger partial charge is 0.462 e. The van der Waals surface area contributed by atoms with E-state index in [9.17, 15) is 4.79 Å². The molecule has 2 heteroatoms. The van der Waals surface area contributed by atoms with Crippen LogP contribution >= 0.6 is 0 Å². The first-order valence-corrected chi connectivity index (χ1v) is 7.52. The normalized spacial score (nSPS) is 25.9. The van der Waals surface area contributed by atoms with E-state index < -0.39 is 0 Å². The van der Waals surface area contributed by atoms with Gasteiger partial charge in [0.15, 0.2) is 0 Å². The lowest BCUT2D eigenvalue weighted by molar-refractivity contribution is -0.149. The van der Waals surface area contributed by atoms with Crippen molar-refractivity contribution in [2.75, 3.05) is 0 Å². The van der Waals surface area contributed by atoms with E-state index in [1.165, 1.54) is 51.4 Å². The molecular formula is C15H28O2. The summed E-state index contributed by atoms with van der Waals surface area (Å²) in [5, 5.41) is 0. The standard InChI is InChI=1S/C15H28O2/c1-2-14-12-10-8-6-4-3-5-7-9-11-13-15(16)17-14/h14H,2-13H2,1H3. The van der Waals surface area contributed by atoms with Crippen molar-refractivity contribution >= 4 is 5.97 Å². The Morgan fingerprint density at radius 3 is 2.06 bits per heavy atom. The molecule has 0 aromatic heterocycles. The van der Waals surface area contributed by atoms with Gasteiger partial charge in [-0.25, -0.2) is 0 Å². The van der Waals surface area contributed by atoms with E-state index in [2.05, 4.69) is 6.92 Å². The lowest BCUT2D eigenvalue weighted by atomic mass is 10.0. The molecule has 100 valence electrons. The van der Waals surface area contributed by atoms with Crippen molar-refractivity contribution in [2.45, 2.75) is 90.1 Å². The molecule has 1 aliphatic rings. The number of carbonyl (C=O) groups is 1. The summed E-state index contributed by atoms with van der Waals surface area (Å²) in [6.07, 6.45) is 14.3. The minimum Gasteiger partial charge on any atom is -0.462 e. The summed E-state index contributed by atoms with van der Waals surface area (Å²) in [5.74, 6) is 0.0221. The summed E-state index contributed by atoms with van der Waals surface area (Å²) in [7, 11) is 0. The van der Waals surface area contributed by atoms with Crippen LogP contribution in [0.5, 0.6) is 0 Å². The van der Waals surface area contributed by atoms with Gasteiger partial charge in [-0.15, -0.1) is 0 Å². The summed E-state index contributed by atoms with van der Waals surface area (Å²) in [6, 6.07) is 0. The van der Waals surface area contributed by atoms with Crippen LogP contribution in [-0.2, 0) is 9.53 Å². The average Bonchev–Trinajstić information content (AvgIpc) is 2.33. The Labute approximate surface area is 106 Å². The number of ether oxygens (including phenoxy) is 1. The third-order valence-electron chi connectivity index (χ3n) is 3.66. The lowest BCUT2D eigenvalue weighted by Gasteiger charge is -2.16. The highest BCUT2D eigenvalue weighted by Crippen LogP contribution is 2.16. The van der Waals surface area contributed by atoms with Crippen LogP contribution in [0.4, 0.5) is 0 Å². The van der Waals surface area contributed by atoms with E-state index in [4.69, 9.17) is 4.74 Å². The van der Waals surface area contributed by atoms with E-state index in [0.29, 0.717) is 6.42 Å². The second-order valence-corrected chi connectivity index (χ2v) is 5.24. The highest BCUT2D eigenvalue weighted by atomic mass is 16.5. The quantitative estimate of drug-likeness (QED) is 0.625. The molecule has 0 N–H and O–H groups in total. The second-order valence-electron chi connectivity index (χ2n) is 5.24. The lowest BCUT2D eigenvalue weighted by Crippen LogP contribution is -2.17. The Morgan fingerprint density at radius 2 is 1.47 bits per heavy atom. The van der Waals surface area contributed by atoms with Crippen LogP contribution < -0.4 is 0 Å². The molecule has 1 rings (SSSR count). The molecule has 0 saturated carbocycles. The van der Waals surface area contributed by atoms with E-state index >= 15 is 0 Å². The van der Waals surface area contributed by atoms with Crippen LogP contribution in [0.15, 0.2) is 0 Å². The molecule has 0 aromatic rings. The molecule has 0 bridgehead atoms. The topological polar surface area (TPSA) is 26.3 Å². The fourth-order valence-corrected chi connectivity index (χ4v) is 2.47. The predicted molar refractivity (Wildman–Crippen MR) is 71.0 cm³/mol. The highest BCUT2D eigenvalue weighted by molar-refractivity contribution is 5.69. The van der Waals surface area contributed by atoms with Gasteiger partial charge in [-0.2, -0.15) is 0 Å². The Bertz CT molecular complexity index is 201. The van der Waals surface area contributed by atoms with Gasteiger partial charge >= 0.3 is 5.97 Å². The van der Waals surface area contributed by atoms with Gasteiger partial charge in [0.2, 0.25) is 0 Å². The van der Waals surface area contributed by atoms with Crippen LogP contribution in [0.3, 0.4) is 0 Å². The van der Waals surface area contributed by atoms with Gasteiger partial charge in [-0.3, -0.25) is 4.79 Å². The second kappa shape index (κ2) is 9.49. The Balaban J connectivity index is 2.30. The summed E-state index contributed by atoms with van der Waals surface area (Å²) in [6.45, 7) is 2.11. The van der Waals surface area contributed by atoms with Crippen molar-refractivity contribution < 1.29 is 9.53 Å². The van der Waals surface area contributed by atoms with Gasteiger partial charge in [0, 0.05) is 6.42 Å². The molecule has 1 aliphatic heterocycles. The molecule has 0 amide bonds. The number of cyclic esters (lactones) is 1. The first-order valence-electron chi connectivity index (χ1n) is 7.52. The number of carbonyl (C=O) groups excluding carboxylic acids is 1. The molecule has 1 atom stereocenters. The molecule has 2 nitrogen and oxygen atoms in total. The first kappa shape index (κ1) is 14.5. The fraction of sp³-hybridized carbons (Fsp3) is 0.933. The molecule has 17 heavy (non-hydrogen) atoms. The van der Waals surface area contributed by atoms with Gasteiger partial charge in [-0.05, 0) is 25.7 Å². The van der Waals surface area contributed by atoms with E-state index in [0.717, 1.165) is 19.3 Å². The maximum Gasteiger partial charge on any atom is 0.306 e. The van der Waals surface area contributed by atoms with Crippen molar-refractivity contribution in [2.24, 2.45) is 0 Å². The van der Waals surface area contributed by atoms with Crippen molar-refractivity contribution in [1.29, 1.82) is 0 Å². The minimum atomic E-state index is 0.0221. The number of esters is 1. The zero-order chi connectivity index (χ0) is 12.3. The molecule has 1 fully saturated rings. The van der Waals surface area contributed by atoms with Crippen molar-refractivity contribution in [3.05, 3.63) is 0 Å². The van der Waals surface area contributed by atoms with Gasteiger partial charge in [0.25, 0.3) is 0 Å². The average molecular weight is 240 g/mol. The maximum absolute atomic E-state index is 11.6. The summed E-state index contributed by atoms with van der Waals surface area (Å²) in [5.41, 5.74) is 0. The summed E-state index contributed by atoms with van der Waals surface area (Å²) < 4.78 is 5.51. The molecular weight excluding hydrogens is 212 g/mol. The minimum absolute atomic E-state index is 0.0221. The van der Waals surface area contributed by atoms with Crippen LogP contribution in [0.25, 0.3) is 0 Å². The van der Waals surface area contributed by atoms with E-state index in [1.54, 1.807) is 0 Å². The smallest absolute Gasteiger partial charge is 0.306 e. The third-order valence-corrected chi connectivity index (χ3v) is 3.66. The zero-order valence-electron chi connectivity index (χ0n) is 11.4. The van der Waals surface area contributed by atoms with Crippen molar-refractivity contribution in [3.63, 3.8) is 0 Å². The van der Waals surface area contributed by atoms with Crippen molar-refractivity contribution in [3.8, 4) is 0 Å². The summed E-state index contributed by atoms with van der Waals surface area (Å²) >= 11 is 0. The molecule has 1 heterocycles. The molecule has 0 aromatic carbocycles. The fourth-order valence-electron chi connectivity index (χ4n) is 2.47. The highest BCUT2D eigenvalue weighted by Gasteiger charge is 2.12. The molecule has 1 saturated heterocycles. The van der Waals surface area contributed by atoms with Crippen LogP contribution in [0.1, 0.15) is 84.0 Å². The molecule has 0 spiro atoms. The predicted octanol–water partition coefficient (Wildman–Crippen LogP) is 4.61. The monoisotopic (exact) mass is 240 g/mol. The Morgan fingerprint density at radius 1 is 0.941 bits per heavy atom. The number of rotatable bonds is 1. The van der Waals surface area contributed by atoms with Gasteiger partial charge < -0.3 is 4.74 Å². The van der Waals surface area contributed by atoms with Crippen molar-refractivity contribution in [1.82, 2.24) is 0 Å². The Kier molecular flexibility index (Phi) is 8.12. The number of hydrogen-bond acceptors (Lipinski definition) is 2. The van der Waals surface area contributed by atoms with Crippen LogP contribution in [0.2, 0.25) is 0 Å². The third kappa shape index (κ3) is 7.40. The van der Waals surface area contributed by atoms with Gasteiger partial charge in [0.05, 0.1) is 0 Å². The van der Waals surface area contributed by atoms with Crippen LogP contribution in [0, 0.1) is 0 Å².